The molecule has 0 aliphatic heterocycles. The quantitative estimate of drug-likeness (QED) is 0.474. The number of methoxy groups -OCH3 is 1. The summed E-state index contributed by atoms with van der Waals surface area (Å²) in [6, 6.07) is 11.5. The Morgan fingerprint density at radius 3 is 2.18 bits per heavy atom. The summed E-state index contributed by atoms with van der Waals surface area (Å²) in [5, 5.41) is 0.338. The fourth-order valence-electron chi connectivity index (χ4n) is 2.47. The highest BCUT2D eigenvalue weighted by Gasteiger charge is 2.24. The minimum Gasteiger partial charge on any atom is -0.497 e. The van der Waals surface area contributed by atoms with Gasteiger partial charge in [0.2, 0.25) is 11.2 Å². The molecule has 0 amide bonds. The van der Waals surface area contributed by atoms with Gasteiger partial charge in [-0.3, -0.25) is 9.59 Å². The normalized spacial score (nSPS) is 11.3. The van der Waals surface area contributed by atoms with Crippen molar-refractivity contribution in [1.29, 1.82) is 0 Å². The average Bonchev–Trinajstić information content (AvgIpc) is 2.64. The van der Waals surface area contributed by atoms with Gasteiger partial charge < -0.3 is 18.6 Å². The predicted octanol–water partition coefficient (Wildman–Crippen LogP) is 4.85. The highest BCUT2D eigenvalue weighted by molar-refractivity contribution is 5.82. The molecule has 0 unspecified atom stereocenters. The molecule has 0 bridgehead atoms. The molecular weight excluding hydrogens is 360 g/mol. The summed E-state index contributed by atoms with van der Waals surface area (Å²) < 4.78 is 22.0. The van der Waals surface area contributed by atoms with Crippen molar-refractivity contribution in [2.45, 2.75) is 27.7 Å². The minimum atomic E-state index is -0.637. The van der Waals surface area contributed by atoms with Crippen LogP contribution in [0.5, 0.6) is 23.0 Å². The Balaban J connectivity index is 1.95. The Hall–Kier alpha value is -3.28. The summed E-state index contributed by atoms with van der Waals surface area (Å²) in [4.78, 5) is 24.9. The van der Waals surface area contributed by atoms with Crippen LogP contribution in [0.1, 0.15) is 26.5 Å². The molecule has 6 nitrogen and oxygen atoms in total. The highest BCUT2D eigenvalue weighted by Crippen LogP contribution is 2.29. The number of hydrogen-bond donors (Lipinski definition) is 0. The molecule has 0 atom stereocenters. The molecule has 0 spiro atoms. The van der Waals surface area contributed by atoms with Gasteiger partial charge in [0.25, 0.3) is 0 Å². The van der Waals surface area contributed by atoms with E-state index in [4.69, 9.17) is 18.6 Å². The smallest absolute Gasteiger partial charge is 0.316 e. The second-order valence-electron chi connectivity index (χ2n) is 7.39. The van der Waals surface area contributed by atoms with Crippen LogP contribution in [0.4, 0.5) is 0 Å². The molecule has 2 aromatic carbocycles. The number of ether oxygens (including phenoxy) is 3. The first-order valence-corrected chi connectivity index (χ1v) is 8.80. The number of benzene rings is 2. The first kappa shape index (κ1) is 19.5. The summed E-state index contributed by atoms with van der Waals surface area (Å²) >= 11 is 0. The molecule has 0 N–H and O–H groups in total. The maximum Gasteiger partial charge on any atom is 0.316 e. The molecule has 6 heteroatoms. The Labute approximate surface area is 162 Å². The lowest BCUT2D eigenvalue weighted by atomic mass is 9.97. The van der Waals surface area contributed by atoms with Gasteiger partial charge >= 0.3 is 5.97 Å². The molecule has 28 heavy (non-hydrogen) atoms. The summed E-state index contributed by atoms with van der Waals surface area (Å²) in [6.45, 7) is 6.95. The van der Waals surface area contributed by atoms with Gasteiger partial charge in [-0.05, 0) is 64.1 Å². The van der Waals surface area contributed by atoms with Crippen LogP contribution in [0.3, 0.4) is 0 Å². The van der Waals surface area contributed by atoms with Crippen LogP contribution in [-0.2, 0) is 4.79 Å². The topological polar surface area (TPSA) is 75.0 Å². The average molecular weight is 382 g/mol. The van der Waals surface area contributed by atoms with E-state index in [1.807, 2.05) is 0 Å². The number of aryl methyl sites for hydroxylation is 1. The standard InChI is InChI=1S/C22H22O6/c1-13-20(27-15-8-6-14(25-5)7-9-15)19(23)17-11-10-16(12-18(17)26-13)28-21(24)22(2,3)4/h6-12H,1-5H3. The monoisotopic (exact) mass is 382 g/mol. The van der Waals surface area contributed by atoms with Gasteiger partial charge in [-0.25, -0.2) is 0 Å². The zero-order valence-electron chi connectivity index (χ0n) is 16.5. The van der Waals surface area contributed by atoms with E-state index in [0.29, 0.717) is 34.0 Å². The van der Waals surface area contributed by atoms with E-state index in [2.05, 4.69) is 0 Å². The summed E-state index contributed by atoms with van der Waals surface area (Å²) in [7, 11) is 1.57. The molecule has 1 heterocycles. The van der Waals surface area contributed by atoms with Crippen LogP contribution in [0.25, 0.3) is 11.0 Å². The lowest BCUT2D eigenvalue weighted by Crippen LogP contribution is -2.25. The second-order valence-corrected chi connectivity index (χ2v) is 7.39. The van der Waals surface area contributed by atoms with E-state index < -0.39 is 5.41 Å². The molecule has 0 saturated carbocycles. The molecule has 3 aromatic rings. The number of rotatable bonds is 4. The first-order valence-electron chi connectivity index (χ1n) is 8.80. The minimum absolute atomic E-state index is 0.108. The number of fused-ring (bicyclic) bond motifs is 1. The predicted molar refractivity (Wildman–Crippen MR) is 105 cm³/mol. The van der Waals surface area contributed by atoms with Crippen LogP contribution in [0, 0.1) is 12.3 Å². The molecule has 1 aromatic heterocycles. The Bertz CT molecular complexity index is 1070. The van der Waals surface area contributed by atoms with Crippen molar-refractivity contribution in [2.75, 3.05) is 7.11 Å². The van der Waals surface area contributed by atoms with E-state index in [9.17, 15) is 9.59 Å². The molecule has 146 valence electrons. The van der Waals surface area contributed by atoms with Gasteiger partial charge in [0, 0.05) is 6.07 Å². The SMILES string of the molecule is COc1ccc(Oc2c(C)oc3cc(OC(=O)C(C)(C)C)ccc3c2=O)cc1. The zero-order valence-corrected chi connectivity index (χ0v) is 16.5. The van der Waals surface area contributed by atoms with Crippen LogP contribution < -0.4 is 19.6 Å². The first-order chi connectivity index (χ1) is 13.2. The van der Waals surface area contributed by atoms with E-state index in [0.717, 1.165) is 0 Å². The lowest BCUT2D eigenvalue weighted by Gasteiger charge is -2.16. The van der Waals surface area contributed by atoms with Gasteiger partial charge in [0.05, 0.1) is 17.9 Å². The highest BCUT2D eigenvalue weighted by atomic mass is 16.5. The van der Waals surface area contributed by atoms with E-state index in [1.165, 1.54) is 6.07 Å². The number of hydrogen-bond acceptors (Lipinski definition) is 6. The maximum atomic E-state index is 12.9. The molecule has 0 radical (unpaired) electrons. The fourth-order valence-corrected chi connectivity index (χ4v) is 2.47. The van der Waals surface area contributed by atoms with Crippen molar-refractivity contribution in [2.24, 2.45) is 5.41 Å². The second kappa shape index (κ2) is 7.38. The largest absolute Gasteiger partial charge is 0.497 e. The molecule has 0 aliphatic carbocycles. The Morgan fingerprint density at radius 2 is 1.57 bits per heavy atom. The fraction of sp³-hybridized carbons (Fsp3) is 0.273. The third kappa shape index (κ3) is 4.01. The number of carbonyl (C=O) groups is 1. The van der Waals surface area contributed by atoms with Crippen molar-refractivity contribution in [1.82, 2.24) is 0 Å². The van der Waals surface area contributed by atoms with Gasteiger partial charge in [-0.15, -0.1) is 0 Å². The van der Waals surface area contributed by atoms with Crippen LogP contribution in [0.2, 0.25) is 0 Å². The zero-order chi connectivity index (χ0) is 20.5. The molecule has 0 saturated heterocycles. The van der Waals surface area contributed by atoms with Crippen molar-refractivity contribution in [3.63, 3.8) is 0 Å². The summed E-state index contributed by atoms with van der Waals surface area (Å²) in [5.74, 6) is 1.56. The molecule has 0 aliphatic rings. The van der Waals surface area contributed by atoms with Crippen LogP contribution in [-0.4, -0.2) is 13.1 Å². The van der Waals surface area contributed by atoms with Crippen molar-refractivity contribution in [3.8, 4) is 23.0 Å². The Morgan fingerprint density at radius 1 is 0.964 bits per heavy atom. The van der Waals surface area contributed by atoms with Gasteiger partial charge in [-0.2, -0.15) is 0 Å². The van der Waals surface area contributed by atoms with Crippen LogP contribution >= 0.6 is 0 Å². The van der Waals surface area contributed by atoms with Crippen molar-refractivity contribution in [3.05, 3.63) is 58.4 Å². The van der Waals surface area contributed by atoms with E-state index >= 15 is 0 Å². The van der Waals surface area contributed by atoms with Crippen molar-refractivity contribution >= 4 is 16.9 Å². The molecule has 0 fully saturated rings. The van der Waals surface area contributed by atoms with Gasteiger partial charge in [-0.1, -0.05) is 0 Å². The van der Waals surface area contributed by atoms with Gasteiger partial charge in [0.1, 0.15) is 28.6 Å². The lowest BCUT2D eigenvalue weighted by molar-refractivity contribution is -0.142. The Kier molecular flexibility index (Phi) is 5.14. The number of carbonyl (C=O) groups excluding carboxylic acids is 1. The summed E-state index contributed by atoms with van der Waals surface area (Å²) in [6.07, 6.45) is 0. The van der Waals surface area contributed by atoms with E-state index in [1.54, 1.807) is 71.2 Å². The molecular formula is C22H22O6. The van der Waals surface area contributed by atoms with E-state index in [-0.39, 0.29) is 17.1 Å². The van der Waals surface area contributed by atoms with Crippen molar-refractivity contribution < 1.29 is 23.4 Å². The van der Waals surface area contributed by atoms with Gasteiger partial charge in [0.15, 0.2) is 0 Å². The van der Waals surface area contributed by atoms with Crippen LogP contribution in [0.15, 0.2) is 51.7 Å². The third-order valence-electron chi connectivity index (χ3n) is 4.09. The number of esters is 1. The maximum absolute atomic E-state index is 12.9. The third-order valence-corrected chi connectivity index (χ3v) is 4.09. The summed E-state index contributed by atoms with van der Waals surface area (Å²) in [5.41, 5.74) is -0.617. The molecule has 3 rings (SSSR count).